The molecule has 0 amide bonds. The zero-order valence-corrected chi connectivity index (χ0v) is 11.5. The topological polar surface area (TPSA) is 70.0 Å². The Kier molecular flexibility index (Phi) is 8.81. The van der Waals surface area contributed by atoms with Crippen LogP contribution in [0.15, 0.2) is 12.3 Å². The van der Waals surface area contributed by atoms with Gasteiger partial charge in [-0.05, 0) is 6.07 Å². The summed E-state index contributed by atoms with van der Waals surface area (Å²) in [6.45, 7) is 2.34. The fourth-order valence-corrected chi connectivity index (χ4v) is 1.37. The third kappa shape index (κ3) is 6.76. The van der Waals surface area contributed by atoms with Crippen LogP contribution < -0.4 is 4.74 Å². The van der Waals surface area contributed by atoms with Gasteiger partial charge in [0.05, 0.1) is 45.8 Å². The van der Waals surface area contributed by atoms with Gasteiger partial charge in [-0.1, -0.05) is 0 Å². The van der Waals surface area contributed by atoms with Gasteiger partial charge in [0.1, 0.15) is 12.4 Å². The summed E-state index contributed by atoms with van der Waals surface area (Å²) >= 11 is 0. The van der Waals surface area contributed by atoms with Crippen LogP contribution in [0.25, 0.3) is 0 Å². The Balaban J connectivity index is 2.09. The van der Waals surface area contributed by atoms with Crippen molar-refractivity contribution in [3.63, 3.8) is 0 Å². The van der Waals surface area contributed by atoms with Crippen molar-refractivity contribution in [2.45, 2.75) is 6.61 Å². The van der Waals surface area contributed by atoms with E-state index in [9.17, 15) is 4.39 Å². The molecule has 20 heavy (non-hydrogen) atoms. The van der Waals surface area contributed by atoms with Crippen LogP contribution in [0, 0.1) is 5.82 Å². The molecule has 0 saturated heterocycles. The fraction of sp³-hybridized carbons (Fsp3) is 0.615. The number of aliphatic hydroxyl groups is 1. The Hall–Kier alpha value is -1.28. The minimum Gasteiger partial charge on any atom is -0.475 e. The predicted octanol–water partition coefficient (Wildman–Crippen LogP) is 0.771. The van der Waals surface area contributed by atoms with Crippen molar-refractivity contribution in [2.75, 3.05) is 46.8 Å². The SMILES string of the molecule is COCCOCCOCCOc1ncc(F)cc1CO. The van der Waals surface area contributed by atoms with Gasteiger partial charge in [-0.15, -0.1) is 0 Å². The smallest absolute Gasteiger partial charge is 0.219 e. The molecule has 1 rings (SSSR count). The van der Waals surface area contributed by atoms with Gasteiger partial charge in [0.2, 0.25) is 5.88 Å². The Morgan fingerprint density at radius 1 is 1.10 bits per heavy atom. The van der Waals surface area contributed by atoms with Crippen molar-refractivity contribution in [2.24, 2.45) is 0 Å². The van der Waals surface area contributed by atoms with E-state index in [1.807, 2.05) is 0 Å². The predicted molar refractivity (Wildman–Crippen MR) is 69.1 cm³/mol. The Morgan fingerprint density at radius 3 is 2.40 bits per heavy atom. The van der Waals surface area contributed by atoms with E-state index < -0.39 is 5.82 Å². The minimum absolute atomic E-state index is 0.217. The first-order valence-corrected chi connectivity index (χ1v) is 6.30. The zero-order valence-electron chi connectivity index (χ0n) is 11.5. The van der Waals surface area contributed by atoms with Gasteiger partial charge in [-0.2, -0.15) is 0 Å². The Bertz CT molecular complexity index is 378. The van der Waals surface area contributed by atoms with E-state index in [4.69, 9.17) is 24.1 Å². The molecule has 6 nitrogen and oxygen atoms in total. The molecule has 1 N–H and O–H groups in total. The number of halogens is 1. The number of rotatable bonds is 11. The second-order valence-electron chi connectivity index (χ2n) is 3.84. The van der Waals surface area contributed by atoms with Gasteiger partial charge < -0.3 is 24.1 Å². The first-order valence-electron chi connectivity index (χ1n) is 6.30. The van der Waals surface area contributed by atoms with Gasteiger partial charge >= 0.3 is 0 Å². The average Bonchev–Trinajstić information content (AvgIpc) is 2.46. The first-order chi connectivity index (χ1) is 9.77. The van der Waals surface area contributed by atoms with E-state index in [-0.39, 0.29) is 19.1 Å². The summed E-state index contributed by atoms with van der Waals surface area (Å²) in [5, 5.41) is 9.04. The second kappa shape index (κ2) is 10.5. The molecule has 0 aliphatic heterocycles. The van der Waals surface area contributed by atoms with E-state index in [1.54, 1.807) is 7.11 Å². The van der Waals surface area contributed by atoms with Gasteiger partial charge in [-0.3, -0.25) is 0 Å². The van der Waals surface area contributed by atoms with Gasteiger partial charge in [0.25, 0.3) is 0 Å². The van der Waals surface area contributed by atoms with Crippen LogP contribution in [0.5, 0.6) is 5.88 Å². The zero-order chi connectivity index (χ0) is 14.6. The quantitative estimate of drug-likeness (QED) is 0.607. The van der Waals surface area contributed by atoms with Crippen LogP contribution in [0.2, 0.25) is 0 Å². The molecule has 0 radical (unpaired) electrons. The standard InChI is InChI=1S/C13H20FNO5/c1-17-2-3-18-4-5-19-6-7-20-13-11(10-16)8-12(14)9-15-13/h8-9,16H,2-7,10H2,1H3. The molecule has 0 aliphatic carbocycles. The van der Waals surface area contributed by atoms with Gasteiger partial charge in [-0.25, -0.2) is 9.37 Å². The summed E-state index contributed by atoms with van der Waals surface area (Å²) in [4.78, 5) is 3.77. The fourth-order valence-electron chi connectivity index (χ4n) is 1.37. The molecule has 0 unspecified atom stereocenters. The van der Waals surface area contributed by atoms with Crippen LogP contribution in [0.3, 0.4) is 0 Å². The maximum Gasteiger partial charge on any atom is 0.219 e. The van der Waals surface area contributed by atoms with Crippen LogP contribution >= 0.6 is 0 Å². The summed E-state index contributed by atoms with van der Waals surface area (Å²) in [6.07, 6.45) is 1.04. The van der Waals surface area contributed by atoms with E-state index in [0.29, 0.717) is 38.6 Å². The van der Waals surface area contributed by atoms with E-state index >= 15 is 0 Å². The highest BCUT2D eigenvalue weighted by molar-refractivity contribution is 5.25. The lowest BCUT2D eigenvalue weighted by Gasteiger charge is -2.09. The number of ether oxygens (including phenoxy) is 4. The van der Waals surface area contributed by atoms with Gasteiger partial charge in [0.15, 0.2) is 0 Å². The van der Waals surface area contributed by atoms with Crippen LogP contribution in [-0.2, 0) is 20.8 Å². The lowest BCUT2D eigenvalue weighted by Crippen LogP contribution is -2.13. The normalized spacial score (nSPS) is 10.8. The largest absolute Gasteiger partial charge is 0.475 e. The van der Waals surface area contributed by atoms with Gasteiger partial charge in [0, 0.05) is 12.7 Å². The average molecular weight is 289 g/mol. The van der Waals surface area contributed by atoms with Crippen LogP contribution in [-0.4, -0.2) is 56.8 Å². The van der Waals surface area contributed by atoms with Crippen molar-refractivity contribution >= 4 is 0 Å². The number of hydrogen-bond donors (Lipinski definition) is 1. The molecule has 1 aromatic rings. The summed E-state index contributed by atoms with van der Waals surface area (Å²) in [7, 11) is 1.61. The highest BCUT2D eigenvalue weighted by atomic mass is 19.1. The molecule has 0 fully saturated rings. The van der Waals surface area contributed by atoms with E-state index in [0.717, 1.165) is 6.20 Å². The lowest BCUT2D eigenvalue weighted by molar-refractivity contribution is 0.0175. The number of aliphatic hydroxyl groups excluding tert-OH is 1. The first kappa shape index (κ1) is 16.8. The molecule has 0 atom stereocenters. The monoisotopic (exact) mass is 289 g/mol. The van der Waals surface area contributed by atoms with Crippen LogP contribution in [0.4, 0.5) is 4.39 Å². The number of pyridine rings is 1. The molecule has 7 heteroatoms. The maximum atomic E-state index is 12.9. The van der Waals surface area contributed by atoms with Crippen molar-refractivity contribution < 1.29 is 28.4 Å². The maximum absolute atomic E-state index is 12.9. The van der Waals surface area contributed by atoms with E-state index in [2.05, 4.69) is 4.98 Å². The minimum atomic E-state index is -0.508. The summed E-state index contributed by atoms with van der Waals surface area (Å²) < 4.78 is 33.5. The highest BCUT2D eigenvalue weighted by Gasteiger charge is 2.06. The third-order valence-electron chi connectivity index (χ3n) is 2.33. The van der Waals surface area contributed by atoms with Crippen molar-refractivity contribution in [1.82, 2.24) is 4.98 Å². The lowest BCUT2D eigenvalue weighted by atomic mass is 10.3. The Labute approximate surface area is 117 Å². The molecule has 0 aromatic carbocycles. The molecule has 114 valence electrons. The highest BCUT2D eigenvalue weighted by Crippen LogP contribution is 2.15. The molecule has 1 heterocycles. The Morgan fingerprint density at radius 2 is 1.75 bits per heavy atom. The molecule has 1 aromatic heterocycles. The third-order valence-corrected chi connectivity index (χ3v) is 2.33. The number of nitrogens with zero attached hydrogens (tertiary/aromatic N) is 1. The summed E-state index contributed by atoms with van der Waals surface area (Å²) in [5.74, 6) is -0.292. The molecular formula is C13H20FNO5. The molecule has 0 saturated carbocycles. The van der Waals surface area contributed by atoms with Crippen molar-refractivity contribution in [3.05, 3.63) is 23.6 Å². The second-order valence-corrected chi connectivity index (χ2v) is 3.84. The van der Waals surface area contributed by atoms with Crippen molar-refractivity contribution in [1.29, 1.82) is 0 Å². The molecule has 0 aliphatic rings. The van der Waals surface area contributed by atoms with E-state index in [1.165, 1.54) is 6.07 Å². The number of hydrogen-bond acceptors (Lipinski definition) is 6. The summed E-state index contributed by atoms with van der Waals surface area (Å²) in [6, 6.07) is 1.19. The molecular weight excluding hydrogens is 269 g/mol. The number of aromatic nitrogens is 1. The van der Waals surface area contributed by atoms with Crippen LogP contribution in [0.1, 0.15) is 5.56 Å². The van der Waals surface area contributed by atoms with Crippen molar-refractivity contribution in [3.8, 4) is 5.88 Å². The molecule has 0 bridgehead atoms. The number of methoxy groups -OCH3 is 1. The summed E-state index contributed by atoms with van der Waals surface area (Å²) in [5.41, 5.74) is 0.313. The molecule has 0 spiro atoms.